The molecule has 0 aliphatic carbocycles. The zero-order valence-electron chi connectivity index (χ0n) is 10.8. The van der Waals surface area contributed by atoms with Crippen LogP contribution in [-0.2, 0) is 6.42 Å². The van der Waals surface area contributed by atoms with E-state index in [1.54, 1.807) is 6.07 Å². The lowest BCUT2D eigenvalue weighted by Crippen LogP contribution is -2.20. The first kappa shape index (κ1) is 13.1. The molecule has 1 heterocycles. The number of aromatic nitrogens is 2. The number of hydrazine groups is 1. The largest absolute Gasteiger partial charge is 0.368 e. The van der Waals surface area contributed by atoms with E-state index < -0.39 is 0 Å². The number of nitrogen functional groups attached to an aromatic ring is 2. The van der Waals surface area contributed by atoms with Gasteiger partial charge >= 0.3 is 0 Å². The topological polar surface area (TPSA) is 102 Å². The summed E-state index contributed by atoms with van der Waals surface area (Å²) in [5, 5.41) is 3.28. The van der Waals surface area contributed by atoms with E-state index in [-0.39, 0.29) is 12.0 Å². The van der Waals surface area contributed by atoms with Crippen molar-refractivity contribution in [1.82, 2.24) is 9.97 Å². The number of benzene rings is 1. The molecule has 0 fully saturated rings. The standard InChI is InChI=1S/C13H18N6/c1-9(7-10-5-3-2-4-6-10)16-11-8-12(19-15)18-13(14)17-11/h2-6,8-9H,7,15H2,1H3,(H4,14,16,17,18,19). The van der Waals surface area contributed by atoms with Crippen LogP contribution in [-0.4, -0.2) is 16.0 Å². The van der Waals surface area contributed by atoms with E-state index in [0.29, 0.717) is 11.6 Å². The average molecular weight is 258 g/mol. The number of anilines is 3. The average Bonchev–Trinajstić information content (AvgIpc) is 2.38. The SMILES string of the molecule is CC(Cc1ccccc1)Nc1cc(NN)nc(N)n1. The van der Waals surface area contributed by atoms with Crippen molar-refractivity contribution < 1.29 is 0 Å². The highest BCUT2D eigenvalue weighted by Crippen LogP contribution is 2.13. The molecular weight excluding hydrogens is 240 g/mol. The van der Waals surface area contributed by atoms with Crippen LogP contribution in [0, 0.1) is 0 Å². The molecule has 1 aromatic heterocycles. The minimum atomic E-state index is 0.185. The van der Waals surface area contributed by atoms with Crippen molar-refractivity contribution in [2.24, 2.45) is 5.84 Å². The first-order chi connectivity index (χ1) is 9.17. The fourth-order valence-electron chi connectivity index (χ4n) is 1.88. The zero-order chi connectivity index (χ0) is 13.7. The Morgan fingerprint density at radius 2 is 1.84 bits per heavy atom. The lowest BCUT2D eigenvalue weighted by atomic mass is 10.1. The Balaban J connectivity index is 2.02. The molecule has 0 amide bonds. The van der Waals surface area contributed by atoms with Gasteiger partial charge in [-0.05, 0) is 18.9 Å². The summed E-state index contributed by atoms with van der Waals surface area (Å²) in [5.74, 6) is 6.65. The van der Waals surface area contributed by atoms with Gasteiger partial charge in [-0.1, -0.05) is 30.3 Å². The Morgan fingerprint density at radius 1 is 1.16 bits per heavy atom. The van der Waals surface area contributed by atoms with Crippen LogP contribution in [0.2, 0.25) is 0 Å². The van der Waals surface area contributed by atoms with E-state index >= 15 is 0 Å². The van der Waals surface area contributed by atoms with E-state index in [0.717, 1.165) is 6.42 Å². The smallest absolute Gasteiger partial charge is 0.223 e. The molecule has 1 aromatic carbocycles. The number of hydrogen-bond donors (Lipinski definition) is 4. The van der Waals surface area contributed by atoms with Gasteiger partial charge in [0, 0.05) is 12.1 Å². The molecule has 0 saturated carbocycles. The molecular formula is C13H18N6. The molecule has 19 heavy (non-hydrogen) atoms. The summed E-state index contributed by atoms with van der Waals surface area (Å²) in [4.78, 5) is 8.06. The Kier molecular flexibility index (Phi) is 4.15. The van der Waals surface area contributed by atoms with Crippen molar-refractivity contribution >= 4 is 17.6 Å². The first-order valence-corrected chi connectivity index (χ1v) is 6.09. The summed E-state index contributed by atoms with van der Waals surface area (Å²) >= 11 is 0. The van der Waals surface area contributed by atoms with Crippen LogP contribution in [0.15, 0.2) is 36.4 Å². The maximum Gasteiger partial charge on any atom is 0.223 e. The number of nitrogens with zero attached hydrogens (tertiary/aromatic N) is 2. The molecule has 6 nitrogen and oxygen atoms in total. The van der Waals surface area contributed by atoms with E-state index in [1.165, 1.54) is 5.56 Å². The number of rotatable bonds is 5. The normalized spacial score (nSPS) is 11.9. The van der Waals surface area contributed by atoms with Crippen molar-refractivity contribution in [3.8, 4) is 0 Å². The molecule has 6 N–H and O–H groups in total. The Bertz CT molecular complexity index is 528. The zero-order valence-corrected chi connectivity index (χ0v) is 10.8. The van der Waals surface area contributed by atoms with Crippen LogP contribution in [0.25, 0.3) is 0 Å². The molecule has 1 atom stereocenters. The maximum atomic E-state index is 5.61. The second-order valence-electron chi connectivity index (χ2n) is 4.38. The molecule has 0 aliphatic heterocycles. The van der Waals surface area contributed by atoms with Crippen molar-refractivity contribution in [1.29, 1.82) is 0 Å². The highest BCUT2D eigenvalue weighted by atomic mass is 15.3. The lowest BCUT2D eigenvalue weighted by Gasteiger charge is -2.15. The second-order valence-corrected chi connectivity index (χ2v) is 4.38. The summed E-state index contributed by atoms with van der Waals surface area (Å²) in [5.41, 5.74) is 9.33. The van der Waals surface area contributed by atoms with Gasteiger partial charge in [0.2, 0.25) is 5.95 Å². The lowest BCUT2D eigenvalue weighted by molar-refractivity contribution is 0.784. The number of hydrogen-bond acceptors (Lipinski definition) is 6. The van der Waals surface area contributed by atoms with Crippen LogP contribution in [0.5, 0.6) is 0 Å². The molecule has 0 spiro atoms. The van der Waals surface area contributed by atoms with Crippen molar-refractivity contribution in [3.63, 3.8) is 0 Å². The Labute approximate surface area is 112 Å². The van der Waals surface area contributed by atoms with Gasteiger partial charge in [-0.25, -0.2) is 5.84 Å². The molecule has 1 unspecified atom stereocenters. The van der Waals surface area contributed by atoms with Gasteiger partial charge in [0.05, 0.1) is 0 Å². The third kappa shape index (κ3) is 3.82. The molecule has 2 rings (SSSR count). The predicted octanol–water partition coefficient (Wildman–Crippen LogP) is 1.39. The second kappa shape index (κ2) is 6.01. The van der Waals surface area contributed by atoms with Crippen LogP contribution < -0.4 is 22.3 Å². The van der Waals surface area contributed by atoms with Gasteiger partial charge in [0.25, 0.3) is 0 Å². The van der Waals surface area contributed by atoms with E-state index in [9.17, 15) is 0 Å². The summed E-state index contributed by atoms with van der Waals surface area (Å²) in [7, 11) is 0. The van der Waals surface area contributed by atoms with E-state index in [1.807, 2.05) is 18.2 Å². The van der Waals surface area contributed by atoms with Crippen molar-refractivity contribution in [2.75, 3.05) is 16.5 Å². The molecule has 100 valence electrons. The van der Waals surface area contributed by atoms with Gasteiger partial charge in [-0.2, -0.15) is 9.97 Å². The molecule has 2 aromatic rings. The fourth-order valence-corrected chi connectivity index (χ4v) is 1.88. The van der Waals surface area contributed by atoms with E-state index in [2.05, 4.69) is 39.8 Å². The molecule has 0 radical (unpaired) electrons. The monoisotopic (exact) mass is 258 g/mol. The summed E-state index contributed by atoms with van der Waals surface area (Å²) < 4.78 is 0. The molecule has 0 saturated heterocycles. The van der Waals surface area contributed by atoms with Crippen LogP contribution in [0.3, 0.4) is 0 Å². The quantitative estimate of drug-likeness (QED) is 0.477. The maximum absolute atomic E-state index is 5.61. The summed E-state index contributed by atoms with van der Waals surface area (Å²) in [6.07, 6.45) is 0.899. The Hall–Kier alpha value is -2.34. The fraction of sp³-hybridized carbons (Fsp3) is 0.231. The number of nitrogens with two attached hydrogens (primary N) is 2. The minimum Gasteiger partial charge on any atom is -0.368 e. The van der Waals surface area contributed by atoms with Gasteiger partial charge in [0.1, 0.15) is 11.6 Å². The van der Waals surface area contributed by atoms with E-state index in [4.69, 9.17) is 11.6 Å². The summed E-state index contributed by atoms with van der Waals surface area (Å²) in [6.45, 7) is 2.08. The van der Waals surface area contributed by atoms with Crippen LogP contribution in [0.4, 0.5) is 17.6 Å². The highest BCUT2D eigenvalue weighted by Gasteiger charge is 2.06. The van der Waals surface area contributed by atoms with Gasteiger partial charge < -0.3 is 16.5 Å². The third-order valence-corrected chi connectivity index (χ3v) is 2.67. The van der Waals surface area contributed by atoms with Crippen molar-refractivity contribution in [3.05, 3.63) is 42.0 Å². The van der Waals surface area contributed by atoms with Gasteiger partial charge in [-0.15, -0.1) is 0 Å². The summed E-state index contributed by atoms with van der Waals surface area (Å²) in [6, 6.07) is 12.2. The van der Waals surface area contributed by atoms with Gasteiger partial charge in [-0.3, -0.25) is 0 Å². The van der Waals surface area contributed by atoms with Crippen molar-refractivity contribution in [2.45, 2.75) is 19.4 Å². The van der Waals surface area contributed by atoms with Crippen LogP contribution in [0.1, 0.15) is 12.5 Å². The molecule has 6 heteroatoms. The number of nitrogens with one attached hydrogen (secondary N) is 2. The Morgan fingerprint density at radius 3 is 2.53 bits per heavy atom. The minimum absolute atomic E-state index is 0.185. The molecule has 0 bridgehead atoms. The first-order valence-electron chi connectivity index (χ1n) is 6.09. The van der Waals surface area contributed by atoms with Gasteiger partial charge in [0.15, 0.2) is 0 Å². The third-order valence-electron chi connectivity index (χ3n) is 2.67. The molecule has 0 aliphatic rings. The predicted molar refractivity (Wildman–Crippen MR) is 77.5 cm³/mol. The van der Waals surface area contributed by atoms with Crippen LogP contribution >= 0.6 is 0 Å². The highest BCUT2D eigenvalue weighted by molar-refractivity contribution is 5.50.